The van der Waals surface area contributed by atoms with Crippen molar-refractivity contribution < 1.29 is 14.7 Å². The molecular formula is C13H15IN2O3. The van der Waals surface area contributed by atoms with Crippen molar-refractivity contribution >= 4 is 34.5 Å². The van der Waals surface area contributed by atoms with Gasteiger partial charge in [-0.05, 0) is 46.2 Å². The molecule has 0 saturated carbocycles. The Labute approximate surface area is 124 Å². The van der Waals surface area contributed by atoms with Crippen LogP contribution in [-0.4, -0.2) is 35.0 Å². The number of nitrogens with zero attached hydrogens (tertiary/aromatic N) is 1. The average Bonchev–Trinajstić information content (AvgIpc) is 2.38. The summed E-state index contributed by atoms with van der Waals surface area (Å²) in [5, 5.41) is 9.06. The van der Waals surface area contributed by atoms with Gasteiger partial charge in [-0.3, -0.25) is 9.59 Å². The quantitative estimate of drug-likeness (QED) is 0.778. The van der Waals surface area contributed by atoms with Gasteiger partial charge in [0.2, 0.25) is 5.91 Å². The van der Waals surface area contributed by atoms with Crippen LogP contribution in [0.1, 0.15) is 23.6 Å². The van der Waals surface area contributed by atoms with Crippen LogP contribution in [0.4, 0.5) is 0 Å². The van der Waals surface area contributed by atoms with Crippen LogP contribution in [0.15, 0.2) is 18.2 Å². The van der Waals surface area contributed by atoms with Crippen LogP contribution in [-0.2, 0) is 16.0 Å². The molecule has 1 aliphatic rings. The molecule has 0 spiro atoms. The monoisotopic (exact) mass is 374 g/mol. The third kappa shape index (κ3) is 2.89. The van der Waals surface area contributed by atoms with Gasteiger partial charge in [-0.2, -0.15) is 0 Å². The smallest absolute Gasteiger partial charge is 0.305 e. The average molecular weight is 374 g/mol. The fourth-order valence-corrected chi connectivity index (χ4v) is 3.30. The maximum atomic E-state index is 11.9. The molecule has 1 atom stereocenters. The van der Waals surface area contributed by atoms with E-state index in [1.54, 1.807) is 4.90 Å². The summed E-state index contributed by atoms with van der Waals surface area (Å²) in [6.45, 7) is 0.441. The predicted octanol–water partition coefficient (Wildman–Crippen LogP) is 1.15. The van der Waals surface area contributed by atoms with Crippen molar-refractivity contribution in [3.63, 3.8) is 0 Å². The first-order valence-electron chi connectivity index (χ1n) is 6.03. The van der Waals surface area contributed by atoms with Gasteiger partial charge in [0.1, 0.15) is 0 Å². The zero-order valence-electron chi connectivity index (χ0n) is 10.3. The van der Waals surface area contributed by atoms with Gasteiger partial charge in [0.05, 0.1) is 19.0 Å². The number of hydrogen-bond donors (Lipinski definition) is 2. The number of carbonyl (C=O) groups is 2. The zero-order valence-corrected chi connectivity index (χ0v) is 12.5. The van der Waals surface area contributed by atoms with Gasteiger partial charge >= 0.3 is 5.97 Å². The van der Waals surface area contributed by atoms with Gasteiger partial charge in [-0.1, -0.05) is 12.1 Å². The molecule has 2 rings (SSSR count). The molecule has 5 nitrogen and oxygen atoms in total. The molecule has 1 amide bonds. The second kappa shape index (κ2) is 5.87. The second-order valence-electron chi connectivity index (χ2n) is 4.46. The Hall–Kier alpha value is -1.15. The molecule has 6 heteroatoms. The molecule has 0 fully saturated rings. The van der Waals surface area contributed by atoms with Gasteiger partial charge in [-0.25, -0.2) is 0 Å². The van der Waals surface area contributed by atoms with Crippen molar-refractivity contribution in [2.45, 2.75) is 18.9 Å². The fourth-order valence-electron chi connectivity index (χ4n) is 2.51. The molecule has 0 aromatic heterocycles. The Morgan fingerprint density at radius 3 is 2.84 bits per heavy atom. The number of hydrogen-bond acceptors (Lipinski definition) is 3. The van der Waals surface area contributed by atoms with Crippen molar-refractivity contribution in [2.24, 2.45) is 5.73 Å². The molecule has 0 saturated heterocycles. The number of carboxylic acid groups (broad SMARTS) is 1. The first-order chi connectivity index (χ1) is 9.04. The van der Waals surface area contributed by atoms with Crippen LogP contribution in [0.2, 0.25) is 0 Å². The van der Waals surface area contributed by atoms with E-state index in [0.29, 0.717) is 6.54 Å². The molecule has 102 valence electrons. The first-order valence-corrected chi connectivity index (χ1v) is 7.11. The summed E-state index contributed by atoms with van der Waals surface area (Å²) in [5.74, 6) is -1.11. The number of fused-ring (bicyclic) bond motifs is 1. The van der Waals surface area contributed by atoms with Crippen LogP contribution in [0.5, 0.6) is 0 Å². The lowest BCUT2D eigenvalue weighted by atomic mass is 9.90. The van der Waals surface area contributed by atoms with Gasteiger partial charge in [-0.15, -0.1) is 0 Å². The summed E-state index contributed by atoms with van der Waals surface area (Å²) >= 11 is 2.25. The molecule has 1 heterocycles. The molecular weight excluding hydrogens is 359 g/mol. The first kappa shape index (κ1) is 14.3. The summed E-state index contributed by atoms with van der Waals surface area (Å²) in [7, 11) is 0. The van der Waals surface area contributed by atoms with Gasteiger partial charge in [0.15, 0.2) is 0 Å². The van der Waals surface area contributed by atoms with E-state index in [9.17, 15) is 9.59 Å². The number of aliphatic carboxylic acids is 1. The number of halogens is 1. The van der Waals surface area contributed by atoms with Crippen molar-refractivity contribution in [3.8, 4) is 0 Å². The van der Waals surface area contributed by atoms with Crippen LogP contribution in [0.3, 0.4) is 0 Å². The van der Waals surface area contributed by atoms with E-state index in [1.165, 1.54) is 0 Å². The number of nitrogens with two attached hydrogens (primary N) is 1. The molecule has 3 N–H and O–H groups in total. The number of carboxylic acids is 1. The van der Waals surface area contributed by atoms with Crippen LogP contribution < -0.4 is 5.73 Å². The highest BCUT2D eigenvalue weighted by Crippen LogP contribution is 2.34. The summed E-state index contributed by atoms with van der Waals surface area (Å²) in [6.07, 6.45) is 0.662. The third-order valence-corrected chi connectivity index (χ3v) is 4.37. The van der Waals surface area contributed by atoms with E-state index in [1.807, 2.05) is 18.2 Å². The second-order valence-corrected chi connectivity index (χ2v) is 5.62. The minimum absolute atomic E-state index is 0.0845. The van der Waals surface area contributed by atoms with Crippen LogP contribution >= 0.6 is 22.6 Å². The zero-order chi connectivity index (χ0) is 14.0. The predicted molar refractivity (Wildman–Crippen MR) is 78.6 cm³/mol. The van der Waals surface area contributed by atoms with E-state index in [2.05, 4.69) is 22.6 Å². The largest absolute Gasteiger partial charge is 0.481 e. The maximum absolute atomic E-state index is 11.9. The summed E-state index contributed by atoms with van der Waals surface area (Å²) in [6, 6.07) is 5.39. The molecule has 19 heavy (non-hydrogen) atoms. The highest BCUT2D eigenvalue weighted by atomic mass is 127. The SMILES string of the molecule is NCC(=O)N1CCc2c(I)cccc2C1CC(=O)O. The number of rotatable bonds is 3. The summed E-state index contributed by atoms with van der Waals surface area (Å²) in [4.78, 5) is 24.5. The Morgan fingerprint density at radius 1 is 1.47 bits per heavy atom. The summed E-state index contributed by atoms with van der Waals surface area (Å²) in [5.41, 5.74) is 7.49. The minimum atomic E-state index is -0.911. The van der Waals surface area contributed by atoms with Crippen molar-refractivity contribution in [3.05, 3.63) is 32.9 Å². The van der Waals surface area contributed by atoms with E-state index in [4.69, 9.17) is 10.8 Å². The Morgan fingerprint density at radius 2 is 2.21 bits per heavy atom. The third-order valence-electron chi connectivity index (χ3n) is 3.36. The number of amides is 1. The maximum Gasteiger partial charge on any atom is 0.305 e. The van der Waals surface area contributed by atoms with Crippen LogP contribution in [0, 0.1) is 3.57 Å². The Kier molecular flexibility index (Phi) is 4.41. The highest BCUT2D eigenvalue weighted by molar-refractivity contribution is 14.1. The van der Waals surface area contributed by atoms with Gasteiger partial charge in [0.25, 0.3) is 0 Å². The molecule has 1 aliphatic heterocycles. The molecule has 0 aliphatic carbocycles. The van der Waals surface area contributed by atoms with E-state index < -0.39 is 12.0 Å². The lowest BCUT2D eigenvalue weighted by Crippen LogP contribution is -2.44. The number of carbonyl (C=O) groups excluding carboxylic acids is 1. The lowest BCUT2D eigenvalue weighted by Gasteiger charge is -2.37. The van der Waals surface area contributed by atoms with Crippen LogP contribution in [0.25, 0.3) is 0 Å². The normalized spacial score (nSPS) is 18.0. The molecule has 1 unspecified atom stereocenters. The van der Waals surface area contributed by atoms with Gasteiger partial charge < -0.3 is 15.7 Å². The van der Waals surface area contributed by atoms with Gasteiger partial charge in [0, 0.05) is 10.1 Å². The fraction of sp³-hybridized carbons (Fsp3) is 0.385. The molecule has 0 bridgehead atoms. The topological polar surface area (TPSA) is 83.6 Å². The van der Waals surface area contributed by atoms with E-state index >= 15 is 0 Å². The Balaban J connectivity index is 2.42. The highest BCUT2D eigenvalue weighted by Gasteiger charge is 2.32. The standard InChI is InChI=1S/C13H15IN2O3/c14-10-3-1-2-9-8(10)4-5-16(12(17)7-15)11(9)6-13(18)19/h1-3,11H,4-7,15H2,(H,18,19). The Bertz CT molecular complexity index is 519. The molecule has 1 aromatic rings. The van der Waals surface area contributed by atoms with Crippen molar-refractivity contribution in [1.82, 2.24) is 4.90 Å². The summed E-state index contributed by atoms with van der Waals surface area (Å²) < 4.78 is 1.12. The minimum Gasteiger partial charge on any atom is -0.481 e. The number of benzene rings is 1. The molecule has 0 radical (unpaired) electrons. The molecule has 1 aromatic carbocycles. The lowest BCUT2D eigenvalue weighted by molar-refractivity contribution is -0.141. The van der Waals surface area contributed by atoms with E-state index in [-0.39, 0.29) is 18.9 Å². The van der Waals surface area contributed by atoms with Crippen molar-refractivity contribution in [2.75, 3.05) is 13.1 Å². The van der Waals surface area contributed by atoms with E-state index in [0.717, 1.165) is 21.1 Å². The van der Waals surface area contributed by atoms with Crippen molar-refractivity contribution in [1.29, 1.82) is 0 Å².